The molecule has 1 aliphatic heterocycles. The molecule has 10 heavy (non-hydrogen) atoms. The van der Waals surface area contributed by atoms with Crippen LogP contribution in [0.15, 0.2) is 12.2 Å². The Kier molecular flexibility index (Phi) is 5.69. The summed E-state index contributed by atoms with van der Waals surface area (Å²) in [5.74, 6) is 0. The van der Waals surface area contributed by atoms with E-state index in [0.29, 0.717) is 0 Å². The Balaban J connectivity index is 0.000000810. The van der Waals surface area contributed by atoms with E-state index in [1.165, 1.54) is 0 Å². The maximum absolute atomic E-state index is 5.25. The maximum Gasteiger partial charge on any atom is 0.0686 e. The molecule has 0 aromatic carbocycles. The second-order valence-corrected chi connectivity index (χ2v) is 2.33. The molecule has 0 bridgehead atoms. The Morgan fingerprint density at radius 3 is 3.10 bits per heavy atom. The number of halogens is 1. The van der Waals surface area contributed by atoms with Crippen molar-refractivity contribution in [3.05, 3.63) is 12.2 Å². The van der Waals surface area contributed by atoms with E-state index < -0.39 is 0 Å². The van der Waals surface area contributed by atoms with E-state index in [1.807, 2.05) is 0 Å². The van der Waals surface area contributed by atoms with Crippen LogP contribution in [-0.4, -0.2) is 26.3 Å². The summed E-state index contributed by atoms with van der Waals surface area (Å²) >= 11 is 0. The Hall–Kier alpha value is -0.0500. The molecule has 0 saturated carbocycles. The van der Waals surface area contributed by atoms with Gasteiger partial charge >= 0.3 is 0 Å². The molecule has 2 nitrogen and oxygen atoms in total. The van der Waals surface area contributed by atoms with Crippen LogP contribution in [0.3, 0.4) is 0 Å². The monoisotopic (exact) mass is 163 g/mol. The van der Waals surface area contributed by atoms with Gasteiger partial charge in [0, 0.05) is 13.2 Å². The van der Waals surface area contributed by atoms with E-state index in [0.717, 1.165) is 38.3 Å². The van der Waals surface area contributed by atoms with E-state index in [-0.39, 0.29) is 12.4 Å². The zero-order chi connectivity index (χ0) is 6.53. The van der Waals surface area contributed by atoms with Gasteiger partial charge in [-0.1, -0.05) is 6.58 Å². The molecule has 0 amide bonds. The Morgan fingerprint density at radius 1 is 1.50 bits per heavy atom. The van der Waals surface area contributed by atoms with Crippen molar-refractivity contribution in [3.63, 3.8) is 0 Å². The molecule has 0 unspecified atom stereocenters. The van der Waals surface area contributed by atoms with Gasteiger partial charge in [0.2, 0.25) is 0 Å². The summed E-state index contributed by atoms with van der Waals surface area (Å²) in [6, 6.07) is 0. The van der Waals surface area contributed by atoms with Crippen LogP contribution in [0.1, 0.15) is 6.42 Å². The van der Waals surface area contributed by atoms with E-state index >= 15 is 0 Å². The molecule has 0 radical (unpaired) electrons. The average Bonchev–Trinajstić information content (AvgIpc) is 1.79. The zero-order valence-electron chi connectivity index (χ0n) is 6.06. The highest BCUT2D eigenvalue weighted by Gasteiger charge is 1.98. The molecule has 0 aliphatic carbocycles. The highest BCUT2D eigenvalue weighted by atomic mass is 35.5. The number of rotatable bonds is 0. The van der Waals surface area contributed by atoms with Crippen molar-refractivity contribution in [2.45, 2.75) is 6.42 Å². The highest BCUT2D eigenvalue weighted by Crippen LogP contribution is 1.94. The van der Waals surface area contributed by atoms with Gasteiger partial charge in [-0.25, -0.2) is 0 Å². The normalized spacial score (nSPS) is 20.6. The van der Waals surface area contributed by atoms with Crippen molar-refractivity contribution in [3.8, 4) is 0 Å². The van der Waals surface area contributed by atoms with Gasteiger partial charge in [0.1, 0.15) is 0 Å². The summed E-state index contributed by atoms with van der Waals surface area (Å²) in [7, 11) is 0. The minimum Gasteiger partial charge on any atom is -0.377 e. The molecule has 60 valence electrons. The number of hydrogen-bond acceptors (Lipinski definition) is 2. The van der Waals surface area contributed by atoms with Crippen molar-refractivity contribution in [2.75, 3.05) is 26.3 Å². The summed E-state index contributed by atoms with van der Waals surface area (Å²) in [5.41, 5.74) is 1.15. The molecular formula is C7H14ClNO. The third kappa shape index (κ3) is 3.88. The average molecular weight is 164 g/mol. The molecular weight excluding hydrogens is 150 g/mol. The van der Waals surface area contributed by atoms with Gasteiger partial charge in [-0.2, -0.15) is 0 Å². The van der Waals surface area contributed by atoms with Crippen LogP contribution in [0.2, 0.25) is 0 Å². The summed E-state index contributed by atoms with van der Waals surface area (Å²) < 4.78 is 5.25. The molecule has 3 heteroatoms. The van der Waals surface area contributed by atoms with Gasteiger partial charge in [0.05, 0.1) is 6.61 Å². The van der Waals surface area contributed by atoms with Crippen molar-refractivity contribution in [1.29, 1.82) is 0 Å². The molecule has 0 atom stereocenters. The van der Waals surface area contributed by atoms with Gasteiger partial charge in [-0.05, 0) is 18.5 Å². The predicted molar refractivity (Wildman–Crippen MR) is 44.7 cm³/mol. The summed E-state index contributed by atoms with van der Waals surface area (Å²) in [6.07, 6.45) is 1.12. The Labute approximate surface area is 68.0 Å². The number of hydrogen-bond donors (Lipinski definition) is 1. The van der Waals surface area contributed by atoms with Crippen LogP contribution in [0.4, 0.5) is 0 Å². The first kappa shape index (κ1) is 9.95. The molecule has 1 aliphatic rings. The first-order valence-corrected chi connectivity index (χ1v) is 3.35. The van der Waals surface area contributed by atoms with Crippen molar-refractivity contribution in [1.82, 2.24) is 5.32 Å². The molecule has 0 aromatic rings. The van der Waals surface area contributed by atoms with Gasteiger partial charge in [0.25, 0.3) is 0 Å². The van der Waals surface area contributed by atoms with Gasteiger partial charge in [-0.3, -0.25) is 0 Å². The summed E-state index contributed by atoms with van der Waals surface area (Å²) in [5, 5.41) is 3.26. The predicted octanol–water partition coefficient (Wildman–Crippen LogP) is 0.974. The van der Waals surface area contributed by atoms with Crippen molar-refractivity contribution >= 4 is 12.4 Å². The first-order chi connectivity index (χ1) is 4.39. The molecule has 1 rings (SSSR count). The van der Waals surface area contributed by atoms with Crippen molar-refractivity contribution in [2.24, 2.45) is 0 Å². The quantitative estimate of drug-likeness (QED) is 0.538. The molecule has 1 N–H and O–H groups in total. The van der Waals surface area contributed by atoms with Crippen LogP contribution in [0.25, 0.3) is 0 Å². The lowest BCUT2D eigenvalue weighted by Gasteiger charge is -2.12. The minimum absolute atomic E-state index is 0. The lowest BCUT2D eigenvalue weighted by Crippen LogP contribution is -2.24. The summed E-state index contributed by atoms with van der Waals surface area (Å²) in [4.78, 5) is 0. The SMILES string of the molecule is C=C1CNCCCOC1.Cl. The van der Waals surface area contributed by atoms with E-state index in [9.17, 15) is 0 Å². The van der Waals surface area contributed by atoms with Gasteiger partial charge in [-0.15, -0.1) is 12.4 Å². The molecule has 1 heterocycles. The van der Waals surface area contributed by atoms with Gasteiger partial charge < -0.3 is 10.1 Å². The van der Waals surface area contributed by atoms with E-state index in [4.69, 9.17) is 4.74 Å². The fraction of sp³-hybridized carbons (Fsp3) is 0.714. The number of nitrogens with one attached hydrogen (secondary N) is 1. The molecule has 0 spiro atoms. The third-order valence-corrected chi connectivity index (χ3v) is 1.32. The topological polar surface area (TPSA) is 21.3 Å². The van der Waals surface area contributed by atoms with E-state index in [1.54, 1.807) is 0 Å². The van der Waals surface area contributed by atoms with Gasteiger partial charge in [0.15, 0.2) is 0 Å². The third-order valence-electron chi connectivity index (χ3n) is 1.32. The fourth-order valence-electron chi connectivity index (χ4n) is 0.832. The second-order valence-electron chi connectivity index (χ2n) is 2.33. The highest BCUT2D eigenvalue weighted by molar-refractivity contribution is 5.85. The summed E-state index contributed by atoms with van der Waals surface area (Å²) in [6.45, 7) is 7.40. The van der Waals surface area contributed by atoms with Crippen LogP contribution < -0.4 is 5.32 Å². The smallest absolute Gasteiger partial charge is 0.0686 e. The zero-order valence-corrected chi connectivity index (χ0v) is 6.88. The fourth-order valence-corrected chi connectivity index (χ4v) is 0.832. The lowest BCUT2D eigenvalue weighted by atomic mass is 10.3. The van der Waals surface area contributed by atoms with Crippen LogP contribution >= 0.6 is 12.4 Å². The largest absolute Gasteiger partial charge is 0.377 e. The van der Waals surface area contributed by atoms with Crippen molar-refractivity contribution < 1.29 is 4.74 Å². The Bertz CT molecular complexity index is 95.8. The van der Waals surface area contributed by atoms with E-state index in [2.05, 4.69) is 11.9 Å². The number of ether oxygens (including phenoxy) is 1. The lowest BCUT2D eigenvalue weighted by molar-refractivity contribution is 0.146. The second kappa shape index (κ2) is 5.71. The Morgan fingerprint density at radius 2 is 2.30 bits per heavy atom. The van der Waals surface area contributed by atoms with Crippen LogP contribution in [-0.2, 0) is 4.74 Å². The molecule has 1 fully saturated rings. The standard InChI is InChI=1S/C7H13NO.ClH/c1-7-5-8-3-2-4-9-6-7;/h8H,1-6H2;1H. The van der Waals surface area contributed by atoms with Crippen LogP contribution in [0, 0.1) is 0 Å². The van der Waals surface area contributed by atoms with Crippen LogP contribution in [0.5, 0.6) is 0 Å². The first-order valence-electron chi connectivity index (χ1n) is 3.35. The minimum atomic E-state index is 0. The maximum atomic E-state index is 5.25. The molecule has 1 saturated heterocycles. The molecule has 0 aromatic heterocycles.